The molecule has 2 N–H and O–H groups in total. The first-order valence-corrected chi connectivity index (χ1v) is 7.86. The summed E-state index contributed by atoms with van der Waals surface area (Å²) < 4.78 is 5.94. The summed E-state index contributed by atoms with van der Waals surface area (Å²) in [5.74, 6) is 0. The summed E-state index contributed by atoms with van der Waals surface area (Å²) in [4.78, 5) is 12.5. The Balaban J connectivity index is 1.88. The number of halogens is 1. The minimum atomic E-state index is -0.435. The predicted octanol–water partition coefficient (Wildman–Crippen LogP) is 4.69. The van der Waals surface area contributed by atoms with E-state index in [-0.39, 0.29) is 0 Å². The molecule has 0 atom stereocenters. The maximum atomic E-state index is 11.3. The van der Waals surface area contributed by atoms with Gasteiger partial charge in [-0.2, -0.15) is 0 Å². The first-order valence-electron chi connectivity index (χ1n) is 6.18. The van der Waals surface area contributed by atoms with E-state index >= 15 is 0 Å². The summed E-state index contributed by atoms with van der Waals surface area (Å²) in [6, 6.07) is 9.55. The van der Waals surface area contributed by atoms with Crippen LogP contribution in [0.2, 0.25) is 0 Å². The van der Waals surface area contributed by atoms with Crippen molar-refractivity contribution in [1.82, 2.24) is 0 Å². The highest BCUT2D eigenvalue weighted by molar-refractivity contribution is 9.10. The Morgan fingerprint density at radius 3 is 2.55 bits per heavy atom. The Labute approximate surface area is 130 Å². The summed E-state index contributed by atoms with van der Waals surface area (Å²) in [5, 5.41) is 8.03. The van der Waals surface area contributed by atoms with Crippen molar-refractivity contribution in [3.8, 4) is 0 Å². The van der Waals surface area contributed by atoms with Crippen LogP contribution in [0, 0.1) is 0 Å². The minimum absolute atomic E-state index is 0.362. The van der Waals surface area contributed by atoms with Gasteiger partial charge < -0.3 is 10.1 Å². The average molecular weight is 355 g/mol. The number of nitrogens with one attached hydrogen (secondary N) is 2. The SMILES string of the molecule is CCOC(=O)Nc1ccc(NCc2sccc2Br)cc1. The van der Waals surface area contributed by atoms with Crippen LogP contribution >= 0.6 is 27.3 Å². The third-order valence-corrected chi connectivity index (χ3v) is 4.48. The zero-order valence-electron chi connectivity index (χ0n) is 11.0. The molecule has 6 heteroatoms. The highest BCUT2D eigenvalue weighted by Gasteiger charge is 2.03. The number of hydrogen-bond acceptors (Lipinski definition) is 4. The normalized spacial score (nSPS) is 10.1. The van der Waals surface area contributed by atoms with Crippen molar-refractivity contribution in [2.75, 3.05) is 17.2 Å². The lowest BCUT2D eigenvalue weighted by Gasteiger charge is -2.08. The first-order chi connectivity index (χ1) is 9.69. The molecule has 0 aliphatic carbocycles. The van der Waals surface area contributed by atoms with E-state index < -0.39 is 6.09 Å². The van der Waals surface area contributed by atoms with Crippen LogP contribution in [0.4, 0.5) is 16.2 Å². The van der Waals surface area contributed by atoms with E-state index in [1.807, 2.05) is 35.7 Å². The van der Waals surface area contributed by atoms with E-state index in [0.29, 0.717) is 12.3 Å². The van der Waals surface area contributed by atoms with Gasteiger partial charge in [0.2, 0.25) is 0 Å². The second-order valence-corrected chi connectivity index (χ2v) is 5.82. The van der Waals surface area contributed by atoms with Gasteiger partial charge in [0.25, 0.3) is 0 Å². The molecule has 20 heavy (non-hydrogen) atoms. The number of amides is 1. The van der Waals surface area contributed by atoms with Gasteiger partial charge in [-0.05, 0) is 58.6 Å². The molecule has 1 amide bonds. The summed E-state index contributed by atoms with van der Waals surface area (Å²) in [5.41, 5.74) is 1.71. The fraction of sp³-hybridized carbons (Fsp3) is 0.214. The van der Waals surface area contributed by atoms with Crippen LogP contribution in [0.1, 0.15) is 11.8 Å². The number of thiophene rings is 1. The molecule has 2 rings (SSSR count). The molecule has 0 saturated carbocycles. The molecule has 0 aliphatic rings. The molecule has 0 bridgehead atoms. The van der Waals surface area contributed by atoms with Crippen molar-refractivity contribution < 1.29 is 9.53 Å². The number of anilines is 2. The zero-order chi connectivity index (χ0) is 14.4. The van der Waals surface area contributed by atoms with Crippen LogP contribution < -0.4 is 10.6 Å². The quantitative estimate of drug-likeness (QED) is 0.818. The van der Waals surface area contributed by atoms with Gasteiger partial charge in [-0.25, -0.2) is 4.79 Å². The fourth-order valence-corrected chi connectivity index (χ4v) is 3.02. The molecule has 0 unspecified atom stereocenters. The second kappa shape index (κ2) is 7.31. The van der Waals surface area contributed by atoms with Crippen molar-refractivity contribution >= 4 is 44.7 Å². The lowest BCUT2D eigenvalue weighted by atomic mass is 10.3. The zero-order valence-corrected chi connectivity index (χ0v) is 13.4. The van der Waals surface area contributed by atoms with Crippen LogP contribution in [0.5, 0.6) is 0 Å². The van der Waals surface area contributed by atoms with Crippen molar-refractivity contribution in [1.29, 1.82) is 0 Å². The number of carbonyl (C=O) groups excluding carboxylic acids is 1. The summed E-state index contributed by atoms with van der Waals surface area (Å²) in [7, 11) is 0. The fourth-order valence-electron chi connectivity index (χ4n) is 1.59. The number of benzene rings is 1. The van der Waals surface area contributed by atoms with Crippen molar-refractivity contribution in [3.05, 3.63) is 45.1 Å². The number of hydrogen-bond donors (Lipinski definition) is 2. The second-order valence-electron chi connectivity index (χ2n) is 3.97. The van der Waals surface area contributed by atoms with Crippen LogP contribution in [0.15, 0.2) is 40.2 Å². The van der Waals surface area contributed by atoms with Gasteiger partial charge in [0.15, 0.2) is 0 Å². The molecule has 4 nitrogen and oxygen atoms in total. The first kappa shape index (κ1) is 14.9. The molecule has 0 radical (unpaired) electrons. The van der Waals surface area contributed by atoms with Gasteiger partial charge in [-0.1, -0.05) is 0 Å². The molecular formula is C14H15BrN2O2S. The molecule has 106 valence electrons. The van der Waals surface area contributed by atoms with Crippen molar-refractivity contribution in [2.24, 2.45) is 0 Å². The molecule has 1 aromatic heterocycles. The summed E-state index contributed by atoms with van der Waals surface area (Å²) in [6.45, 7) is 2.90. The van der Waals surface area contributed by atoms with E-state index in [2.05, 4.69) is 26.6 Å². The molecule has 0 aliphatic heterocycles. The average Bonchev–Trinajstić information content (AvgIpc) is 2.84. The van der Waals surface area contributed by atoms with E-state index in [4.69, 9.17) is 4.74 Å². The van der Waals surface area contributed by atoms with Gasteiger partial charge in [-0.15, -0.1) is 11.3 Å². The van der Waals surface area contributed by atoms with E-state index in [1.165, 1.54) is 4.88 Å². The lowest BCUT2D eigenvalue weighted by Crippen LogP contribution is -2.13. The molecule has 0 fully saturated rings. The van der Waals surface area contributed by atoms with Crippen LogP contribution in [0.25, 0.3) is 0 Å². The Bertz CT molecular complexity index is 569. The monoisotopic (exact) mass is 354 g/mol. The number of carbonyl (C=O) groups is 1. The molecule has 2 aromatic rings. The molecular weight excluding hydrogens is 340 g/mol. The molecule has 1 aromatic carbocycles. The van der Waals surface area contributed by atoms with Crippen molar-refractivity contribution in [2.45, 2.75) is 13.5 Å². The standard InChI is InChI=1S/C14H15BrN2O2S/c1-2-19-14(18)17-11-5-3-10(4-6-11)16-9-13-12(15)7-8-20-13/h3-8,16H,2,9H2,1H3,(H,17,18). The van der Waals surface area contributed by atoms with Gasteiger partial charge in [0.1, 0.15) is 0 Å². The molecule has 0 spiro atoms. The highest BCUT2D eigenvalue weighted by atomic mass is 79.9. The van der Waals surface area contributed by atoms with E-state index in [1.54, 1.807) is 18.3 Å². The lowest BCUT2D eigenvalue weighted by molar-refractivity contribution is 0.168. The molecule has 0 saturated heterocycles. The topological polar surface area (TPSA) is 50.4 Å². The van der Waals surface area contributed by atoms with E-state index in [9.17, 15) is 4.79 Å². The maximum Gasteiger partial charge on any atom is 0.411 e. The van der Waals surface area contributed by atoms with Gasteiger partial charge in [0.05, 0.1) is 13.2 Å². The Morgan fingerprint density at radius 2 is 1.95 bits per heavy atom. The smallest absolute Gasteiger partial charge is 0.411 e. The molecule has 1 heterocycles. The van der Waals surface area contributed by atoms with Gasteiger partial charge >= 0.3 is 6.09 Å². The Hall–Kier alpha value is -1.53. The minimum Gasteiger partial charge on any atom is -0.450 e. The maximum absolute atomic E-state index is 11.3. The van der Waals surface area contributed by atoms with Crippen LogP contribution in [-0.4, -0.2) is 12.7 Å². The Kier molecular flexibility index (Phi) is 5.43. The van der Waals surface area contributed by atoms with E-state index in [0.717, 1.165) is 16.7 Å². The third-order valence-electron chi connectivity index (χ3n) is 2.55. The summed E-state index contributed by atoms with van der Waals surface area (Å²) in [6.07, 6.45) is -0.435. The van der Waals surface area contributed by atoms with Gasteiger partial charge in [-0.3, -0.25) is 5.32 Å². The third kappa shape index (κ3) is 4.25. The highest BCUT2D eigenvalue weighted by Crippen LogP contribution is 2.24. The van der Waals surface area contributed by atoms with Gasteiger partial charge in [0, 0.05) is 20.7 Å². The predicted molar refractivity (Wildman–Crippen MR) is 86.4 cm³/mol. The summed E-state index contributed by atoms with van der Waals surface area (Å²) >= 11 is 5.21. The number of rotatable bonds is 5. The number of ether oxygens (including phenoxy) is 1. The van der Waals surface area contributed by atoms with Crippen LogP contribution in [0.3, 0.4) is 0 Å². The largest absolute Gasteiger partial charge is 0.450 e. The van der Waals surface area contributed by atoms with Crippen LogP contribution in [-0.2, 0) is 11.3 Å². The van der Waals surface area contributed by atoms with Crippen molar-refractivity contribution in [3.63, 3.8) is 0 Å². The Morgan fingerprint density at radius 1 is 1.25 bits per heavy atom.